The lowest BCUT2D eigenvalue weighted by Crippen LogP contribution is -2.56. The number of rotatable bonds is 4. The molecule has 2 fully saturated rings. The smallest absolute Gasteiger partial charge is 0.302 e. The molecule has 1 aromatic carbocycles. The molecule has 3 rings (SSSR count). The molecule has 116 valence electrons. The van der Waals surface area contributed by atoms with E-state index in [-0.39, 0.29) is 23.8 Å². The number of morpholine rings is 1. The quantitative estimate of drug-likeness (QED) is 0.797. The van der Waals surface area contributed by atoms with Crippen LogP contribution < -0.4 is 0 Å². The molecule has 0 aliphatic carbocycles. The van der Waals surface area contributed by atoms with Crippen molar-refractivity contribution in [3.8, 4) is 0 Å². The van der Waals surface area contributed by atoms with E-state index >= 15 is 0 Å². The zero-order chi connectivity index (χ0) is 14.9. The van der Waals surface area contributed by atoms with E-state index in [1.807, 2.05) is 18.2 Å². The molecule has 1 aromatic rings. The summed E-state index contributed by atoms with van der Waals surface area (Å²) < 4.78 is 40.3. The van der Waals surface area contributed by atoms with Crippen LogP contribution in [0, 0.1) is 5.92 Å². The maximum absolute atomic E-state index is 12.9. The minimum Gasteiger partial charge on any atom is -0.378 e. The predicted octanol–water partition coefficient (Wildman–Crippen LogP) is 1.97. The fraction of sp³-hybridized carbons (Fsp3) is 0.600. The molecule has 2 atom stereocenters. The Bertz CT molecular complexity index is 564. The Morgan fingerprint density at radius 1 is 1.14 bits per heavy atom. The molecular formula is C15H20FNO3S. The normalized spacial score (nSPS) is 30.2. The molecule has 0 aromatic heterocycles. The minimum atomic E-state index is -4.39. The Kier molecular flexibility index (Phi) is 4.28. The lowest BCUT2D eigenvalue weighted by Gasteiger charge is -2.48. The van der Waals surface area contributed by atoms with E-state index in [1.54, 1.807) is 0 Å². The van der Waals surface area contributed by atoms with Gasteiger partial charge in [-0.25, -0.2) is 0 Å². The van der Waals surface area contributed by atoms with Gasteiger partial charge in [0.25, 0.3) is 0 Å². The van der Waals surface area contributed by atoms with Crippen LogP contribution in [0.2, 0.25) is 0 Å². The van der Waals surface area contributed by atoms with Crippen LogP contribution in [0.25, 0.3) is 0 Å². The third-order valence-corrected chi connectivity index (χ3v) is 5.28. The molecule has 2 bridgehead atoms. The topological polar surface area (TPSA) is 46.6 Å². The maximum atomic E-state index is 12.9. The number of nitrogens with zero attached hydrogens (tertiary/aromatic N) is 1. The molecule has 2 unspecified atom stereocenters. The van der Waals surface area contributed by atoms with E-state index < -0.39 is 10.2 Å². The van der Waals surface area contributed by atoms with Gasteiger partial charge in [-0.15, -0.1) is 3.89 Å². The second kappa shape index (κ2) is 6.02. The first-order valence-corrected chi connectivity index (χ1v) is 8.86. The molecule has 0 saturated carbocycles. The molecule has 2 heterocycles. The van der Waals surface area contributed by atoms with Crippen molar-refractivity contribution in [2.45, 2.75) is 31.5 Å². The van der Waals surface area contributed by atoms with E-state index in [1.165, 1.54) is 5.56 Å². The highest BCUT2D eigenvalue weighted by Crippen LogP contribution is 2.33. The predicted molar refractivity (Wildman–Crippen MR) is 78.0 cm³/mol. The van der Waals surface area contributed by atoms with Crippen molar-refractivity contribution in [2.24, 2.45) is 5.92 Å². The Morgan fingerprint density at radius 3 is 2.33 bits per heavy atom. The molecule has 21 heavy (non-hydrogen) atoms. The van der Waals surface area contributed by atoms with Crippen molar-refractivity contribution < 1.29 is 17.0 Å². The van der Waals surface area contributed by atoms with Crippen molar-refractivity contribution in [2.75, 3.05) is 19.0 Å². The summed E-state index contributed by atoms with van der Waals surface area (Å²) in [6.07, 6.45) is 1.37. The number of hydrogen-bond acceptors (Lipinski definition) is 4. The van der Waals surface area contributed by atoms with Crippen LogP contribution in [0.15, 0.2) is 30.3 Å². The lowest BCUT2D eigenvalue weighted by molar-refractivity contribution is -0.0893. The number of ether oxygens (including phenoxy) is 1. The third kappa shape index (κ3) is 3.81. The fourth-order valence-electron chi connectivity index (χ4n) is 3.57. The van der Waals surface area contributed by atoms with Crippen molar-refractivity contribution in [3.63, 3.8) is 0 Å². The second-order valence-corrected chi connectivity index (χ2v) is 7.46. The summed E-state index contributed by atoms with van der Waals surface area (Å²) in [5, 5.41) is 0. The first-order chi connectivity index (χ1) is 10.0. The highest BCUT2D eigenvalue weighted by molar-refractivity contribution is 7.86. The molecule has 2 aliphatic rings. The van der Waals surface area contributed by atoms with Gasteiger partial charge in [0.05, 0.1) is 19.0 Å². The van der Waals surface area contributed by atoms with E-state index in [2.05, 4.69) is 17.0 Å². The van der Waals surface area contributed by atoms with Crippen LogP contribution in [0.4, 0.5) is 3.89 Å². The summed E-state index contributed by atoms with van der Waals surface area (Å²) >= 11 is 0. The Balaban J connectivity index is 1.70. The van der Waals surface area contributed by atoms with Crippen molar-refractivity contribution in [1.29, 1.82) is 0 Å². The highest BCUT2D eigenvalue weighted by Gasteiger charge is 2.40. The molecular weight excluding hydrogens is 293 g/mol. The van der Waals surface area contributed by atoms with Crippen LogP contribution in [0.5, 0.6) is 0 Å². The Morgan fingerprint density at radius 2 is 1.76 bits per heavy atom. The number of halogens is 1. The van der Waals surface area contributed by atoms with E-state index in [4.69, 9.17) is 4.74 Å². The van der Waals surface area contributed by atoms with Crippen molar-refractivity contribution in [3.05, 3.63) is 35.9 Å². The van der Waals surface area contributed by atoms with Gasteiger partial charge in [0, 0.05) is 18.6 Å². The van der Waals surface area contributed by atoms with Gasteiger partial charge in [0.15, 0.2) is 0 Å². The molecule has 2 aliphatic heterocycles. The van der Waals surface area contributed by atoms with E-state index in [0.29, 0.717) is 26.1 Å². The average molecular weight is 313 g/mol. The number of piperidine rings is 1. The summed E-state index contributed by atoms with van der Waals surface area (Å²) in [5.41, 5.74) is 1.24. The molecule has 6 heteroatoms. The van der Waals surface area contributed by atoms with Gasteiger partial charge in [-0.1, -0.05) is 30.3 Å². The standard InChI is InChI=1S/C15H20FNO3S/c16-21(18,19)11-13-6-14-9-20-10-15(7-13)17(14)8-12-4-2-1-3-5-12/h1-5,13-15H,6-11H2. The molecule has 2 saturated heterocycles. The second-order valence-electron chi connectivity index (χ2n) is 6.05. The summed E-state index contributed by atoms with van der Waals surface area (Å²) in [6, 6.07) is 10.6. The largest absolute Gasteiger partial charge is 0.378 e. The van der Waals surface area contributed by atoms with E-state index in [0.717, 1.165) is 6.54 Å². The van der Waals surface area contributed by atoms with Gasteiger partial charge in [-0.2, -0.15) is 8.42 Å². The number of fused-ring (bicyclic) bond motifs is 2. The third-order valence-electron chi connectivity index (χ3n) is 4.41. The first kappa shape index (κ1) is 14.9. The molecule has 0 amide bonds. The molecule has 0 spiro atoms. The van der Waals surface area contributed by atoms with Crippen LogP contribution in [0.3, 0.4) is 0 Å². The highest BCUT2D eigenvalue weighted by atomic mass is 32.3. The lowest BCUT2D eigenvalue weighted by atomic mass is 9.86. The summed E-state index contributed by atoms with van der Waals surface area (Å²) in [7, 11) is -4.39. The first-order valence-electron chi connectivity index (χ1n) is 7.31. The summed E-state index contributed by atoms with van der Waals surface area (Å²) in [4.78, 5) is 2.39. The fourth-order valence-corrected chi connectivity index (χ4v) is 4.41. The zero-order valence-electron chi connectivity index (χ0n) is 11.8. The minimum absolute atomic E-state index is 0.0917. The molecule has 4 nitrogen and oxygen atoms in total. The molecule has 0 N–H and O–H groups in total. The van der Waals surface area contributed by atoms with Crippen LogP contribution >= 0.6 is 0 Å². The van der Waals surface area contributed by atoms with Crippen molar-refractivity contribution >= 4 is 10.2 Å². The summed E-state index contributed by atoms with van der Waals surface area (Å²) in [6.45, 7) is 2.05. The zero-order valence-corrected chi connectivity index (χ0v) is 12.6. The van der Waals surface area contributed by atoms with Gasteiger partial charge in [0.1, 0.15) is 0 Å². The average Bonchev–Trinajstić information content (AvgIpc) is 2.39. The van der Waals surface area contributed by atoms with Crippen LogP contribution in [-0.4, -0.2) is 44.4 Å². The monoisotopic (exact) mass is 313 g/mol. The van der Waals surface area contributed by atoms with Crippen molar-refractivity contribution in [1.82, 2.24) is 4.90 Å². The Hall–Kier alpha value is -0.980. The van der Waals surface area contributed by atoms with Gasteiger partial charge < -0.3 is 4.74 Å². The van der Waals surface area contributed by atoms with E-state index in [9.17, 15) is 12.3 Å². The van der Waals surface area contributed by atoms with Gasteiger partial charge in [-0.3, -0.25) is 4.90 Å². The Labute approximate surface area is 125 Å². The summed E-state index contributed by atoms with van der Waals surface area (Å²) in [5.74, 6) is -0.440. The SMILES string of the molecule is O=S(=O)(F)CC1CC2COCC(C1)N2Cc1ccccc1. The number of hydrogen-bond donors (Lipinski definition) is 0. The van der Waals surface area contributed by atoms with Gasteiger partial charge in [-0.05, 0) is 24.3 Å². The van der Waals surface area contributed by atoms with Crippen LogP contribution in [-0.2, 0) is 21.5 Å². The molecule has 0 radical (unpaired) electrons. The van der Waals surface area contributed by atoms with Crippen LogP contribution in [0.1, 0.15) is 18.4 Å². The van der Waals surface area contributed by atoms with Gasteiger partial charge in [0.2, 0.25) is 0 Å². The van der Waals surface area contributed by atoms with Gasteiger partial charge >= 0.3 is 10.2 Å². The number of benzene rings is 1. The maximum Gasteiger partial charge on any atom is 0.302 e.